The highest BCUT2D eigenvalue weighted by molar-refractivity contribution is 7.11. The van der Waals surface area contributed by atoms with Gasteiger partial charge in [0.25, 0.3) is 0 Å². The van der Waals surface area contributed by atoms with Crippen LogP contribution in [0.3, 0.4) is 0 Å². The summed E-state index contributed by atoms with van der Waals surface area (Å²) < 4.78 is 43.4. The minimum Gasteiger partial charge on any atom is -0.374 e. The SMILES string of the molecule is CCNC(c1cnc(C(F)(F)F)s1)C(C)(C)OCC. The molecule has 0 aliphatic carbocycles. The molecule has 0 aliphatic rings. The fourth-order valence-electron chi connectivity index (χ4n) is 1.90. The van der Waals surface area contributed by atoms with Gasteiger partial charge in [-0.1, -0.05) is 6.92 Å². The van der Waals surface area contributed by atoms with Crippen molar-refractivity contribution in [3.8, 4) is 0 Å². The molecule has 0 bridgehead atoms. The largest absolute Gasteiger partial charge is 0.443 e. The molecule has 0 aliphatic heterocycles. The molecule has 0 aromatic carbocycles. The highest BCUT2D eigenvalue weighted by Crippen LogP contribution is 2.37. The number of thiazole rings is 1. The molecule has 1 N–H and O–H groups in total. The van der Waals surface area contributed by atoms with Crippen molar-refractivity contribution in [1.82, 2.24) is 10.3 Å². The molecule has 0 amide bonds. The monoisotopic (exact) mass is 296 g/mol. The molecule has 1 atom stereocenters. The first-order valence-electron chi connectivity index (χ1n) is 6.12. The Morgan fingerprint density at radius 3 is 2.42 bits per heavy atom. The van der Waals surface area contributed by atoms with Gasteiger partial charge in [0.1, 0.15) is 0 Å². The summed E-state index contributed by atoms with van der Waals surface area (Å²) in [5, 5.41) is 2.35. The van der Waals surface area contributed by atoms with Crippen molar-refractivity contribution in [3.63, 3.8) is 0 Å². The number of hydrogen-bond acceptors (Lipinski definition) is 4. The maximum atomic E-state index is 12.6. The van der Waals surface area contributed by atoms with Gasteiger partial charge in [-0.05, 0) is 27.3 Å². The second-order valence-electron chi connectivity index (χ2n) is 4.59. The van der Waals surface area contributed by atoms with Crippen LogP contribution in [0.2, 0.25) is 0 Å². The van der Waals surface area contributed by atoms with E-state index in [0.29, 0.717) is 29.4 Å². The van der Waals surface area contributed by atoms with Gasteiger partial charge in [-0.25, -0.2) is 4.98 Å². The molecule has 7 heteroatoms. The van der Waals surface area contributed by atoms with Gasteiger partial charge < -0.3 is 10.1 Å². The Kier molecular flexibility index (Phi) is 5.34. The summed E-state index contributed by atoms with van der Waals surface area (Å²) in [7, 11) is 0. The average Bonchev–Trinajstić information content (AvgIpc) is 2.73. The third-order valence-corrected chi connectivity index (χ3v) is 3.78. The van der Waals surface area contributed by atoms with Crippen molar-refractivity contribution in [2.75, 3.05) is 13.2 Å². The molecule has 19 heavy (non-hydrogen) atoms. The first-order valence-corrected chi connectivity index (χ1v) is 6.94. The molecule has 0 saturated carbocycles. The summed E-state index contributed by atoms with van der Waals surface area (Å²) in [4.78, 5) is 4.00. The van der Waals surface area contributed by atoms with Crippen molar-refractivity contribution in [1.29, 1.82) is 0 Å². The molecule has 0 spiro atoms. The topological polar surface area (TPSA) is 34.2 Å². The molecule has 3 nitrogen and oxygen atoms in total. The van der Waals surface area contributed by atoms with Gasteiger partial charge >= 0.3 is 6.18 Å². The van der Waals surface area contributed by atoms with E-state index >= 15 is 0 Å². The fourth-order valence-corrected chi connectivity index (χ4v) is 2.93. The van der Waals surface area contributed by atoms with Gasteiger partial charge in [0.05, 0.1) is 11.6 Å². The predicted molar refractivity (Wildman–Crippen MR) is 69.2 cm³/mol. The lowest BCUT2D eigenvalue weighted by Gasteiger charge is -2.33. The van der Waals surface area contributed by atoms with E-state index in [-0.39, 0.29) is 6.04 Å². The Balaban J connectivity index is 3.03. The van der Waals surface area contributed by atoms with E-state index in [1.807, 2.05) is 27.7 Å². The second-order valence-corrected chi connectivity index (χ2v) is 5.65. The molecule has 1 aromatic rings. The third kappa shape index (κ3) is 4.15. The third-order valence-electron chi connectivity index (χ3n) is 2.67. The Bertz CT molecular complexity index is 404. The molecule has 1 unspecified atom stereocenters. The number of likely N-dealkylation sites (N-methyl/N-ethyl adjacent to an activating group) is 1. The Hall–Kier alpha value is -0.660. The van der Waals surface area contributed by atoms with Crippen LogP contribution >= 0.6 is 11.3 Å². The molecule has 1 rings (SSSR count). The Morgan fingerprint density at radius 2 is 2.00 bits per heavy atom. The van der Waals surface area contributed by atoms with E-state index < -0.39 is 16.8 Å². The number of rotatable bonds is 6. The van der Waals surface area contributed by atoms with Crippen LogP contribution < -0.4 is 5.32 Å². The standard InChI is InChI=1S/C12H19F3N2OS/c1-5-16-9(11(3,4)18-6-2)8-7-17-10(19-8)12(13,14)15/h7,9,16H,5-6H2,1-4H3. The van der Waals surface area contributed by atoms with Gasteiger partial charge in [0.15, 0.2) is 5.01 Å². The van der Waals surface area contributed by atoms with E-state index in [1.165, 1.54) is 6.20 Å². The minimum absolute atomic E-state index is 0.314. The fraction of sp³-hybridized carbons (Fsp3) is 0.750. The van der Waals surface area contributed by atoms with E-state index in [1.54, 1.807) is 0 Å². The Morgan fingerprint density at radius 1 is 1.37 bits per heavy atom. The minimum atomic E-state index is -4.39. The van der Waals surface area contributed by atoms with E-state index in [4.69, 9.17) is 4.74 Å². The second kappa shape index (κ2) is 6.19. The zero-order chi connectivity index (χ0) is 14.7. The maximum Gasteiger partial charge on any atom is 0.443 e. The zero-order valence-corrected chi connectivity index (χ0v) is 12.3. The summed E-state index contributed by atoms with van der Waals surface area (Å²) in [5.74, 6) is 0. The molecular formula is C12H19F3N2OS. The zero-order valence-electron chi connectivity index (χ0n) is 11.5. The van der Waals surface area contributed by atoms with Crippen LogP contribution in [0.4, 0.5) is 13.2 Å². The molecule has 1 aromatic heterocycles. The number of aromatic nitrogens is 1. The lowest BCUT2D eigenvalue weighted by Crippen LogP contribution is -2.41. The van der Waals surface area contributed by atoms with Crippen LogP contribution in [-0.4, -0.2) is 23.7 Å². The van der Waals surface area contributed by atoms with Crippen LogP contribution in [0.15, 0.2) is 6.20 Å². The Labute approximate surface area is 115 Å². The van der Waals surface area contributed by atoms with Crippen molar-refractivity contribution < 1.29 is 17.9 Å². The maximum absolute atomic E-state index is 12.6. The van der Waals surface area contributed by atoms with Gasteiger partial charge in [-0.2, -0.15) is 13.2 Å². The summed E-state index contributed by atoms with van der Waals surface area (Å²) in [6.07, 6.45) is -3.11. The number of nitrogens with one attached hydrogen (secondary N) is 1. The lowest BCUT2D eigenvalue weighted by molar-refractivity contribution is -0.137. The predicted octanol–water partition coefficient (Wildman–Crippen LogP) is 3.63. The highest BCUT2D eigenvalue weighted by Gasteiger charge is 2.38. The van der Waals surface area contributed by atoms with Gasteiger partial charge in [-0.15, -0.1) is 11.3 Å². The van der Waals surface area contributed by atoms with Gasteiger partial charge in [-0.3, -0.25) is 0 Å². The number of nitrogens with zero attached hydrogens (tertiary/aromatic N) is 1. The number of halogens is 3. The summed E-state index contributed by atoms with van der Waals surface area (Å²) in [5.41, 5.74) is -0.597. The summed E-state index contributed by atoms with van der Waals surface area (Å²) in [6, 6.07) is -0.314. The van der Waals surface area contributed by atoms with E-state index in [0.717, 1.165) is 0 Å². The van der Waals surface area contributed by atoms with Crippen LogP contribution in [-0.2, 0) is 10.9 Å². The van der Waals surface area contributed by atoms with Gasteiger partial charge in [0.2, 0.25) is 0 Å². The van der Waals surface area contributed by atoms with Crippen LogP contribution in [0.25, 0.3) is 0 Å². The number of alkyl halides is 3. The first kappa shape index (κ1) is 16.4. The van der Waals surface area contributed by atoms with Crippen LogP contribution in [0.5, 0.6) is 0 Å². The van der Waals surface area contributed by atoms with Crippen molar-refractivity contribution in [3.05, 3.63) is 16.1 Å². The molecule has 0 saturated heterocycles. The van der Waals surface area contributed by atoms with Crippen molar-refractivity contribution in [2.45, 2.75) is 45.5 Å². The van der Waals surface area contributed by atoms with Crippen molar-refractivity contribution >= 4 is 11.3 Å². The summed E-state index contributed by atoms with van der Waals surface area (Å²) >= 11 is 0.662. The van der Waals surface area contributed by atoms with Crippen LogP contribution in [0.1, 0.15) is 43.6 Å². The number of hydrogen-bond donors (Lipinski definition) is 1. The van der Waals surface area contributed by atoms with Gasteiger partial charge in [0, 0.05) is 17.7 Å². The molecule has 110 valence electrons. The van der Waals surface area contributed by atoms with Crippen molar-refractivity contribution in [2.24, 2.45) is 0 Å². The first-order chi connectivity index (χ1) is 8.72. The average molecular weight is 296 g/mol. The lowest BCUT2D eigenvalue weighted by atomic mass is 9.97. The molecule has 0 radical (unpaired) electrons. The molecular weight excluding hydrogens is 277 g/mol. The normalized spacial score (nSPS) is 14.7. The molecule has 0 fully saturated rings. The quantitative estimate of drug-likeness (QED) is 0.870. The number of ether oxygens (including phenoxy) is 1. The summed E-state index contributed by atoms with van der Waals surface area (Å²) in [6.45, 7) is 8.62. The highest BCUT2D eigenvalue weighted by atomic mass is 32.1. The molecule has 1 heterocycles. The van der Waals surface area contributed by atoms with E-state index in [9.17, 15) is 13.2 Å². The smallest absolute Gasteiger partial charge is 0.374 e. The van der Waals surface area contributed by atoms with Crippen LogP contribution in [0, 0.1) is 0 Å². The van der Waals surface area contributed by atoms with E-state index in [2.05, 4.69) is 10.3 Å².